The van der Waals surface area contributed by atoms with Crippen molar-refractivity contribution in [1.82, 2.24) is 10.2 Å². The van der Waals surface area contributed by atoms with Crippen LogP contribution in [0.1, 0.15) is 110 Å². The predicted molar refractivity (Wildman–Crippen MR) is 124 cm³/mol. The first-order valence-corrected chi connectivity index (χ1v) is 12.8. The first kappa shape index (κ1) is 26.4. The van der Waals surface area contributed by atoms with E-state index in [4.69, 9.17) is 4.74 Å². The summed E-state index contributed by atoms with van der Waals surface area (Å²) in [4.78, 5) is 14.6. The Labute approximate surface area is 181 Å². The summed E-state index contributed by atoms with van der Waals surface area (Å²) >= 11 is 0. The third kappa shape index (κ3) is 15.8. The van der Waals surface area contributed by atoms with Crippen molar-refractivity contribution in [1.29, 1.82) is 0 Å². The maximum absolute atomic E-state index is 12.0. The van der Waals surface area contributed by atoms with Crippen LogP contribution in [0, 0.1) is 5.92 Å². The number of esters is 1. The Morgan fingerprint density at radius 1 is 0.828 bits per heavy atom. The van der Waals surface area contributed by atoms with Crippen LogP contribution in [0.5, 0.6) is 0 Å². The van der Waals surface area contributed by atoms with E-state index in [1.54, 1.807) is 0 Å². The molecule has 1 saturated heterocycles. The summed E-state index contributed by atoms with van der Waals surface area (Å²) in [6.07, 6.45) is 18.3. The Hall–Kier alpha value is -0.610. The van der Waals surface area contributed by atoms with Gasteiger partial charge in [-0.25, -0.2) is 0 Å². The van der Waals surface area contributed by atoms with Crippen LogP contribution in [0.2, 0.25) is 0 Å². The molecule has 0 amide bonds. The minimum absolute atomic E-state index is 0.0166. The monoisotopic (exact) mass is 410 g/mol. The molecule has 0 unspecified atom stereocenters. The third-order valence-electron chi connectivity index (χ3n) is 6.29. The fourth-order valence-corrected chi connectivity index (χ4v) is 4.28. The van der Waals surface area contributed by atoms with Crippen LogP contribution in [0.15, 0.2) is 0 Å². The Morgan fingerprint density at radius 3 is 2.07 bits per heavy atom. The van der Waals surface area contributed by atoms with Crippen LogP contribution in [0.25, 0.3) is 0 Å². The summed E-state index contributed by atoms with van der Waals surface area (Å²) in [5.41, 5.74) is 0. The van der Waals surface area contributed by atoms with Crippen LogP contribution in [-0.4, -0.2) is 50.2 Å². The molecular formula is C25H50N2O2. The molecule has 172 valence electrons. The van der Waals surface area contributed by atoms with E-state index in [1.165, 1.54) is 90.3 Å². The molecule has 1 fully saturated rings. The number of hydrogen-bond acceptors (Lipinski definition) is 4. The minimum atomic E-state index is 0.0166. The smallest absolute Gasteiger partial charge is 0.305 e. The second-order valence-electron chi connectivity index (χ2n) is 8.98. The van der Waals surface area contributed by atoms with E-state index < -0.39 is 0 Å². The third-order valence-corrected chi connectivity index (χ3v) is 6.29. The molecule has 0 aromatic rings. The summed E-state index contributed by atoms with van der Waals surface area (Å²) in [7, 11) is 0. The highest BCUT2D eigenvalue weighted by Crippen LogP contribution is 2.21. The number of carbonyl (C=O) groups excluding carboxylic acids is 1. The van der Waals surface area contributed by atoms with Crippen molar-refractivity contribution in [3.63, 3.8) is 0 Å². The van der Waals surface area contributed by atoms with Gasteiger partial charge in [0.1, 0.15) is 0 Å². The zero-order valence-electron chi connectivity index (χ0n) is 19.7. The lowest BCUT2D eigenvalue weighted by atomic mass is 9.92. The van der Waals surface area contributed by atoms with Crippen LogP contribution >= 0.6 is 0 Å². The average Bonchev–Trinajstić information content (AvgIpc) is 2.74. The van der Waals surface area contributed by atoms with Crippen molar-refractivity contribution in [3.8, 4) is 0 Å². The molecule has 4 heteroatoms. The fourth-order valence-electron chi connectivity index (χ4n) is 4.28. The molecule has 0 bridgehead atoms. The molecule has 0 radical (unpaired) electrons. The van der Waals surface area contributed by atoms with Crippen molar-refractivity contribution in [2.24, 2.45) is 5.92 Å². The van der Waals surface area contributed by atoms with Crippen LogP contribution in [0.4, 0.5) is 0 Å². The fraction of sp³-hybridized carbons (Fsp3) is 0.960. The lowest BCUT2D eigenvalue weighted by Crippen LogP contribution is -2.43. The number of hydrogen-bond donors (Lipinski definition) is 1. The Balaban J connectivity index is 2.06. The summed E-state index contributed by atoms with van der Waals surface area (Å²) < 4.78 is 5.57. The van der Waals surface area contributed by atoms with Gasteiger partial charge in [0.2, 0.25) is 0 Å². The molecule has 1 N–H and O–H groups in total. The number of ether oxygens (including phenoxy) is 1. The molecule has 0 aliphatic carbocycles. The second kappa shape index (κ2) is 19.4. The largest absolute Gasteiger partial charge is 0.466 e. The van der Waals surface area contributed by atoms with E-state index in [0.29, 0.717) is 13.0 Å². The lowest BCUT2D eigenvalue weighted by Gasteiger charge is -2.26. The molecule has 0 atom stereocenters. The molecule has 0 saturated carbocycles. The summed E-state index contributed by atoms with van der Waals surface area (Å²) in [5, 5.41) is 3.39. The molecule has 29 heavy (non-hydrogen) atoms. The van der Waals surface area contributed by atoms with E-state index >= 15 is 0 Å². The standard InChI is InChI=1S/C25H50N2O2/c1-3-5-7-10-14-24(15-11-8-6-4-2)17-23-29-25(28)16-12-9-13-20-27-21-18-26-19-22-27/h24,26H,3-23H2,1-2H3. The van der Waals surface area contributed by atoms with Gasteiger partial charge >= 0.3 is 5.97 Å². The van der Waals surface area contributed by atoms with Crippen molar-refractivity contribution < 1.29 is 9.53 Å². The SMILES string of the molecule is CCCCCCC(CCCCCC)CCOC(=O)CCCCCN1CCNCC1. The zero-order chi connectivity index (χ0) is 21.0. The Morgan fingerprint density at radius 2 is 1.45 bits per heavy atom. The summed E-state index contributed by atoms with van der Waals surface area (Å²) in [6.45, 7) is 10.9. The van der Waals surface area contributed by atoms with Gasteiger partial charge in [-0.2, -0.15) is 0 Å². The number of carbonyl (C=O) groups is 1. The van der Waals surface area contributed by atoms with Crippen molar-refractivity contribution in [3.05, 3.63) is 0 Å². The topological polar surface area (TPSA) is 41.6 Å². The molecule has 0 aromatic carbocycles. The number of nitrogens with one attached hydrogen (secondary N) is 1. The van der Waals surface area contributed by atoms with Gasteiger partial charge in [-0.3, -0.25) is 4.79 Å². The van der Waals surface area contributed by atoms with Gasteiger partial charge in [0.05, 0.1) is 6.61 Å². The normalized spacial score (nSPS) is 15.1. The first-order chi connectivity index (χ1) is 14.3. The van der Waals surface area contributed by atoms with Gasteiger partial charge in [0.15, 0.2) is 0 Å². The first-order valence-electron chi connectivity index (χ1n) is 12.8. The van der Waals surface area contributed by atoms with Gasteiger partial charge in [-0.05, 0) is 31.7 Å². The number of unbranched alkanes of at least 4 members (excludes halogenated alkanes) is 8. The maximum Gasteiger partial charge on any atom is 0.305 e. The lowest BCUT2D eigenvalue weighted by molar-refractivity contribution is -0.144. The van der Waals surface area contributed by atoms with Gasteiger partial charge in [-0.1, -0.05) is 84.5 Å². The highest BCUT2D eigenvalue weighted by Gasteiger charge is 2.11. The van der Waals surface area contributed by atoms with E-state index in [0.717, 1.165) is 38.3 Å². The van der Waals surface area contributed by atoms with Crippen molar-refractivity contribution in [2.45, 2.75) is 110 Å². The molecular weight excluding hydrogens is 360 g/mol. The van der Waals surface area contributed by atoms with Crippen LogP contribution < -0.4 is 5.32 Å². The summed E-state index contributed by atoms with van der Waals surface area (Å²) in [5.74, 6) is 0.762. The van der Waals surface area contributed by atoms with Crippen molar-refractivity contribution >= 4 is 5.97 Å². The van der Waals surface area contributed by atoms with Crippen LogP contribution in [0.3, 0.4) is 0 Å². The molecule has 1 aliphatic heterocycles. The van der Waals surface area contributed by atoms with E-state index in [1.807, 2.05) is 0 Å². The second-order valence-corrected chi connectivity index (χ2v) is 8.98. The average molecular weight is 411 g/mol. The van der Waals surface area contributed by atoms with Gasteiger partial charge in [0.25, 0.3) is 0 Å². The van der Waals surface area contributed by atoms with Gasteiger partial charge in [0, 0.05) is 32.6 Å². The van der Waals surface area contributed by atoms with Gasteiger partial charge in [-0.15, -0.1) is 0 Å². The predicted octanol–water partition coefficient (Wildman–Crippen LogP) is 5.94. The van der Waals surface area contributed by atoms with Crippen molar-refractivity contribution in [2.75, 3.05) is 39.3 Å². The minimum Gasteiger partial charge on any atom is -0.466 e. The molecule has 1 rings (SSSR count). The molecule has 0 spiro atoms. The van der Waals surface area contributed by atoms with E-state index in [-0.39, 0.29) is 5.97 Å². The highest BCUT2D eigenvalue weighted by atomic mass is 16.5. The van der Waals surface area contributed by atoms with E-state index in [2.05, 4.69) is 24.1 Å². The van der Waals surface area contributed by atoms with Crippen LogP contribution in [-0.2, 0) is 9.53 Å². The molecule has 4 nitrogen and oxygen atoms in total. The maximum atomic E-state index is 12.0. The Kier molecular flexibility index (Phi) is 17.6. The number of nitrogens with zero attached hydrogens (tertiary/aromatic N) is 1. The molecule has 0 aromatic heterocycles. The zero-order valence-corrected chi connectivity index (χ0v) is 19.7. The van der Waals surface area contributed by atoms with E-state index in [9.17, 15) is 4.79 Å². The summed E-state index contributed by atoms with van der Waals surface area (Å²) in [6, 6.07) is 0. The number of rotatable bonds is 19. The molecule has 1 heterocycles. The Bertz CT molecular complexity index is 358. The highest BCUT2D eigenvalue weighted by molar-refractivity contribution is 5.69. The quantitative estimate of drug-likeness (QED) is 0.211. The van der Waals surface area contributed by atoms with Gasteiger partial charge < -0.3 is 15.0 Å². The number of piperazine rings is 1. The molecule has 1 aliphatic rings.